The molecule has 2 aromatic carbocycles. The summed E-state index contributed by atoms with van der Waals surface area (Å²) in [4.78, 5) is 34.1. The van der Waals surface area contributed by atoms with Crippen LogP contribution in [-0.4, -0.2) is 52.8 Å². The third-order valence-corrected chi connectivity index (χ3v) is 6.09. The minimum Gasteiger partial charge on any atom is -0.340 e. The van der Waals surface area contributed by atoms with Crippen LogP contribution in [0.15, 0.2) is 60.8 Å². The van der Waals surface area contributed by atoms with Crippen LogP contribution in [0.25, 0.3) is 10.9 Å². The van der Waals surface area contributed by atoms with Crippen molar-refractivity contribution in [2.75, 3.05) is 31.5 Å². The first-order chi connectivity index (χ1) is 14.7. The minimum absolute atomic E-state index is 0.0591. The van der Waals surface area contributed by atoms with E-state index in [2.05, 4.69) is 39.5 Å². The van der Waals surface area contributed by atoms with Crippen molar-refractivity contribution in [2.24, 2.45) is 0 Å². The summed E-state index contributed by atoms with van der Waals surface area (Å²) in [5.74, 6) is -0.415. The number of hydrogen-bond donors (Lipinski definition) is 1. The van der Waals surface area contributed by atoms with Crippen molar-refractivity contribution in [1.82, 2.24) is 14.8 Å². The van der Waals surface area contributed by atoms with Gasteiger partial charge < -0.3 is 10.2 Å². The van der Waals surface area contributed by atoms with E-state index in [-0.39, 0.29) is 24.2 Å². The van der Waals surface area contributed by atoms with E-state index in [1.54, 1.807) is 0 Å². The van der Waals surface area contributed by atoms with E-state index in [1.165, 1.54) is 5.56 Å². The summed E-state index contributed by atoms with van der Waals surface area (Å²) in [6.07, 6.45) is 2.05. The Labute approximate surface area is 175 Å². The quantitative estimate of drug-likeness (QED) is 0.734. The zero-order chi connectivity index (χ0) is 20.5. The summed E-state index contributed by atoms with van der Waals surface area (Å²) in [7, 11) is 0. The molecule has 1 fully saturated rings. The predicted octanol–water partition coefficient (Wildman–Crippen LogP) is 3.01. The topological polar surface area (TPSA) is 65.5 Å². The van der Waals surface area contributed by atoms with Gasteiger partial charge in [-0.15, -0.1) is 0 Å². The number of nitrogens with one attached hydrogen (secondary N) is 1. The van der Waals surface area contributed by atoms with Gasteiger partial charge in [-0.3, -0.25) is 19.5 Å². The second-order valence-corrected chi connectivity index (χ2v) is 7.99. The van der Waals surface area contributed by atoms with Gasteiger partial charge in [-0.1, -0.05) is 42.5 Å². The number of pyridine rings is 1. The van der Waals surface area contributed by atoms with Crippen LogP contribution < -0.4 is 5.32 Å². The molecule has 0 spiro atoms. The maximum atomic E-state index is 13.2. The Morgan fingerprint density at radius 3 is 2.67 bits per heavy atom. The number of nitrogens with zero attached hydrogens (tertiary/aromatic N) is 3. The number of anilines is 1. The van der Waals surface area contributed by atoms with Gasteiger partial charge >= 0.3 is 0 Å². The molecule has 1 N–H and O–H groups in total. The molecule has 152 valence electrons. The first-order valence-electron chi connectivity index (χ1n) is 10.4. The van der Waals surface area contributed by atoms with E-state index >= 15 is 0 Å². The van der Waals surface area contributed by atoms with Crippen LogP contribution in [0.1, 0.15) is 23.5 Å². The van der Waals surface area contributed by atoms with E-state index in [0.29, 0.717) is 13.1 Å². The molecule has 0 bridgehead atoms. The lowest BCUT2D eigenvalue weighted by Gasteiger charge is -2.37. The van der Waals surface area contributed by atoms with E-state index in [9.17, 15) is 9.59 Å². The highest BCUT2D eigenvalue weighted by molar-refractivity contribution is 6.01. The average Bonchev–Trinajstić information content (AvgIpc) is 2.79. The smallest absolute Gasteiger partial charge is 0.230 e. The van der Waals surface area contributed by atoms with E-state index < -0.39 is 0 Å². The van der Waals surface area contributed by atoms with Crippen LogP contribution in [0.2, 0.25) is 0 Å². The summed E-state index contributed by atoms with van der Waals surface area (Å²) >= 11 is 0. The van der Waals surface area contributed by atoms with Gasteiger partial charge in [0.25, 0.3) is 0 Å². The van der Waals surface area contributed by atoms with E-state index in [0.717, 1.165) is 41.8 Å². The lowest BCUT2D eigenvalue weighted by atomic mass is 9.89. The van der Waals surface area contributed by atoms with Crippen molar-refractivity contribution < 1.29 is 9.59 Å². The van der Waals surface area contributed by atoms with Gasteiger partial charge in [0.1, 0.15) is 0 Å². The summed E-state index contributed by atoms with van der Waals surface area (Å²) < 4.78 is 0. The normalized spacial score (nSPS) is 19.4. The Morgan fingerprint density at radius 1 is 1.00 bits per heavy atom. The van der Waals surface area contributed by atoms with E-state index in [4.69, 9.17) is 0 Å². The second kappa shape index (κ2) is 7.88. The summed E-state index contributed by atoms with van der Waals surface area (Å²) in [5, 5.41) is 4.02. The molecule has 6 nitrogen and oxygen atoms in total. The molecule has 1 saturated heterocycles. The van der Waals surface area contributed by atoms with Crippen LogP contribution in [0, 0.1) is 0 Å². The molecule has 3 aromatic rings. The van der Waals surface area contributed by atoms with E-state index in [1.807, 2.05) is 41.4 Å². The molecule has 2 amide bonds. The molecule has 1 aromatic heterocycles. The Hall–Kier alpha value is -3.25. The zero-order valence-corrected chi connectivity index (χ0v) is 16.8. The fraction of sp³-hybridized carbons (Fsp3) is 0.292. The number of hydrogen-bond acceptors (Lipinski definition) is 4. The third kappa shape index (κ3) is 3.55. The predicted molar refractivity (Wildman–Crippen MR) is 116 cm³/mol. The zero-order valence-electron chi connectivity index (χ0n) is 16.8. The van der Waals surface area contributed by atoms with Crippen LogP contribution in [-0.2, 0) is 16.1 Å². The van der Waals surface area contributed by atoms with Gasteiger partial charge in [-0.05, 0) is 23.3 Å². The maximum Gasteiger partial charge on any atom is 0.230 e. The second-order valence-electron chi connectivity index (χ2n) is 7.99. The lowest BCUT2D eigenvalue weighted by molar-refractivity contribution is -0.136. The summed E-state index contributed by atoms with van der Waals surface area (Å²) in [6.45, 7) is 3.81. The van der Waals surface area contributed by atoms with Crippen molar-refractivity contribution in [2.45, 2.75) is 18.9 Å². The molecule has 0 unspecified atom stereocenters. The van der Waals surface area contributed by atoms with Gasteiger partial charge in [-0.25, -0.2) is 0 Å². The molecule has 2 aliphatic heterocycles. The van der Waals surface area contributed by atoms with Crippen molar-refractivity contribution in [3.8, 4) is 0 Å². The molecule has 2 aliphatic rings. The van der Waals surface area contributed by atoms with Crippen LogP contribution in [0.3, 0.4) is 0 Å². The lowest BCUT2D eigenvalue weighted by Crippen LogP contribution is -2.50. The minimum atomic E-state index is -0.385. The first kappa shape index (κ1) is 18.8. The first-order valence-corrected chi connectivity index (χ1v) is 10.4. The Kier molecular flexibility index (Phi) is 4.93. The molecule has 0 aliphatic carbocycles. The van der Waals surface area contributed by atoms with Crippen molar-refractivity contribution in [3.05, 3.63) is 71.9 Å². The van der Waals surface area contributed by atoms with Gasteiger partial charge in [0.05, 0.1) is 11.4 Å². The third-order valence-electron chi connectivity index (χ3n) is 6.09. The van der Waals surface area contributed by atoms with Crippen molar-refractivity contribution >= 4 is 28.4 Å². The molecule has 1 atom stereocenters. The standard InChI is InChI=1S/C24H24N4O2/c29-22-15-20(19-8-1-2-9-21(19)26-22)24(30)28-13-11-27(12-14-28)16-18-6-3-5-17-7-4-10-25-23(17)18/h1-10,20H,11-16H2,(H,26,29)/t20-/m0/s1. The molecule has 30 heavy (non-hydrogen) atoms. The Bertz CT molecular complexity index is 1100. The number of piperazine rings is 1. The Morgan fingerprint density at radius 2 is 1.80 bits per heavy atom. The molecule has 0 saturated carbocycles. The number of amides is 2. The number of aromatic nitrogens is 1. The highest BCUT2D eigenvalue weighted by atomic mass is 16.2. The number of carbonyl (C=O) groups is 2. The van der Waals surface area contributed by atoms with Gasteiger partial charge in [0.2, 0.25) is 11.8 Å². The molecular weight excluding hydrogens is 376 g/mol. The largest absolute Gasteiger partial charge is 0.340 e. The summed E-state index contributed by atoms with van der Waals surface area (Å²) in [6, 6.07) is 17.9. The van der Waals surface area contributed by atoms with Crippen molar-refractivity contribution in [3.63, 3.8) is 0 Å². The summed E-state index contributed by atoms with van der Waals surface area (Å²) in [5.41, 5.74) is 3.94. The van der Waals surface area contributed by atoms with Crippen LogP contribution in [0.4, 0.5) is 5.69 Å². The van der Waals surface area contributed by atoms with Crippen LogP contribution in [0.5, 0.6) is 0 Å². The molecule has 3 heterocycles. The van der Waals surface area contributed by atoms with Gasteiger partial charge in [-0.2, -0.15) is 0 Å². The molecule has 5 rings (SSSR count). The monoisotopic (exact) mass is 400 g/mol. The van der Waals surface area contributed by atoms with Gasteiger partial charge in [0, 0.05) is 56.4 Å². The van der Waals surface area contributed by atoms with Gasteiger partial charge in [0.15, 0.2) is 0 Å². The highest BCUT2D eigenvalue weighted by Crippen LogP contribution is 2.33. The fourth-order valence-electron chi connectivity index (χ4n) is 4.51. The highest BCUT2D eigenvalue weighted by Gasteiger charge is 2.34. The number of para-hydroxylation sites is 2. The average molecular weight is 400 g/mol. The molecular formula is C24H24N4O2. The SMILES string of the molecule is O=C1C[C@H](C(=O)N2CCN(Cc3cccc4cccnc34)CC2)c2ccccc2N1. The number of carbonyl (C=O) groups excluding carboxylic acids is 2. The Balaban J connectivity index is 1.26. The number of fused-ring (bicyclic) bond motifs is 2. The maximum absolute atomic E-state index is 13.2. The molecule has 6 heteroatoms. The van der Waals surface area contributed by atoms with Crippen LogP contribution >= 0.6 is 0 Å². The fourth-order valence-corrected chi connectivity index (χ4v) is 4.51. The molecule has 0 radical (unpaired) electrons. The number of benzene rings is 2. The van der Waals surface area contributed by atoms with Crippen molar-refractivity contribution in [1.29, 1.82) is 0 Å². The number of rotatable bonds is 3.